The van der Waals surface area contributed by atoms with Crippen molar-refractivity contribution in [1.29, 1.82) is 0 Å². The van der Waals surface area contributed by atoms with E-state index in [0.29, 0.717) is 57.5 Å². The Morgan fingerprint density at radius 3 is 0.556 bits per heavy atom. The average Bonchev–Trinajstić information content (AvgIpc) is 1.70. The van der Waals surface area contributed by atoms with Crippen molar-refractivity contribution in [3.8, 4) is 0 Å². The summed E-state index contributed by atoms with van der Waals surface area (Å²) in [5.41, 5.74) is 0. The summed E-state index contributed by atoms with van der Waals surface area (Å²) < 4.78 is 0. The molecule has 0 unspecified atom stereocenters. The second kappa shape index (κ2) is 32.1. The fourth-order valence-corrected chi connectivity index (χ4v) is 0. The van der Waals surface area contributed by atoms with Crippen LogP contribution in [0.3, 0.4) is 0 Å². The van der Waals surface area contributed by atoms with E-state index in [9.17, 15) is 0 Å². The molecule has 0 bridgehead atoms. The molecule has 9 heavy (non-hydrogen) atoms. The van der Waals surface area contributed by atoms with E-state index in [2.05, 4.69) is 31.4 Å². The topological polar surface area (TPSA) is 0 Å². The van der Waals surface area contributed by atoms with E-state index < -0.39 is 0 Å². The van der Waals surface area contributed by atoms with Crippen molar-refractivity contribution in [3.05, 3.63) is 0 Å². The summed E-state index contributed by atoms with van der Waals surface area (Å²) in [6, 6.07) is 0. The van der Waals surface area contributed by atoms with Crippen molar-refractivity contribution in [2.45, 2.75) is 31.4 Å². The van der Waals surface area contributed by atoms with Crippen LogP contribution in [0.4, 0.5) is 0 Å². The molecule has 0 saturated heterocycles. The Morgan fingerprint density at radius 2 is 0.556 bits per heavy atom. The van der Waals surface area contributed by atoms with Crippen LogP contribution in [-0.4, -0.2) is 0 Å². The maximum absolute atomic E-state index is 2.25. The van der Waals surface area contributed by atoms with Crippen LogP contribution in [0.15, 0.2) is 0 Å². The summed E-state index contributed by atoms with van der Waals surface area (Å²) in [4.78, 5) is 0. The molecule has 0 aromatic carbocycles. The Kier molecular flexibility index (Phi) is 61.6. The van der Waals surface area contributed by atoms with Gasteiger partial charge in [0, 0.05) is 0 Å². The van der Waals surface area contributed by atoms with Gasteiger partial charge in [-0.1, -0.05) is 0 Å². The molecule has 0 aliphatic rings. The molecule has 60 valence electrons. The molecule has 0 radical (unpaired) electrons. The van der Waals surface area contributed by atoms with Gasteiger partial charge in [0.1, 0.15) is 0 Å². The summed E-state index contributed by atoms with van der Waals surface area (Å²) in [6.45, 7) is 0. The van der Waals surface area contributed by atoms with Crippen LogP contribution in [0.2, 0.25) is 31.4 Å². The van der Waals surface area contributed by atoms with Crippen LogP contribution in [0, 0.1) is 0 Å². The van der Waals surface area contributed by atoms with E-state index in [1.807, 2.05) is 0 Å². The third-order valence-corrected chi connectivity index (χ3v) is 0. The first-order chi connectivity index (χ1) is 4.24. The van der Waals surface area contributed by atoms with Crippen molar-refractivity contribution in [2.75, 3.05) is 0 Å². The minimum atomic E-state index is 0. The van der Waals surface area contributed by atoms with E-state index in [1.54, 1.807) is 0 Å². The molecule has 0 spiro atoms. The second-order valence-electron chi connectivity index (χ2n) is 1.50. The van der Waals surface area contributed by atoms with Gasteiger partial charge in [-0.15, -0.1) is 0 Å². The van der Waals surface area contributed by atoms with E-state index in [-0.39, 0.29) is 8.56 Å². The summed E-state index contributed by atoms with van der Waals surface area (Å²) in [5, 5.41) is 13.5. The maximum atomic E-state index is 2.25. The molecule has 0 atom stereocenters. The van der Waals surface area contributed by atoms with Crippen molar-refractivity contribution in [1.82, 2.24) is 0 Å². The molecule has 0 nitrogen and oxygen atoms in total. The van der Waals surface area contributed by atoms with Crippen molar-refractivity contribution in [2.24, 2.45) is 0 Å². The van der Waals surface area contributed by atoms with Crippen LogP contribution >= 0.6 is 0 Å². The summed E-state index contributed by atoms with van der Waals surface area (Å²) in [7, 11) is 0. The molecule has 0 aromatic rings. The van der Waals surface area contributed by atoms with E-state index >= 15 is 0 Å². The molecule has 0 amide bonds. The van der Waals surface area contributed by atoms with Gasteiger partial charge in [0.25, 0.3) is 0 Å². The third kappa shape index (κ3) is 146. The zero-order valence-corrected chi connectivity index (χ0v) is 12.2. The number of hydrogen-bond donors (Lipinski definition) is 0. The van der Waals surface area contributed by atoms with Gasteiger partial charge >= 0.3 is 88.8 Å². The first-order valence-electron chi connectivity index (χ1n) is 3.00. The molecule has 0 aliphatic carbocycles. The van der Waals surface area contributed by atoms with Gasteiger partial charge in [0.05, 0.1) is 0 Å². The molecular formula is C6H24Ti3. The van der Waals surface area contributed by atoms with Crippen molar-refractivity contribution < 1.29 is 66.0 Å². The van der Waals surface area contributed by atoms with Gasteiger partial charge in [-0.2, -0.15) is 0 Å². The monoisotopic (exact) mass is 240 g/mol. The Bertz CT molecular complexity index is 27.6. The summed E-state index contributed by atoms with van der Waals surface area (Å²) in [5.74, 6) is 0. The molecule has 3 heteroatoms. The smallest absolute Gasteiger partial charge is 1.00 e. The van der Waals surface area contributed by atoms with Gasteiger partial charge in [-0.05, 0) is 0 Å². The predicted octanol–water partition coefficient (Wildman–Crippen LogP) is 4.17. The standard InChI is InChI=1S/6CH3.3Ti.6H/h6*1H3;;;;;;;;;/q;;;;;;3*+2;6*-1. The molecule has 0 heterocycles. The van der Waals surface area contributed by atoms with E-state index in [4.69, 9.17) is 0 Å². The summed E-state index contributed by atoms with van der Waals surface area (Å²) in [6.07, 6.45) is 0. The zero-order valence-electron chi connectivity index (χ0n) is 13.5. The molecule has 0 aliphatic heterocycles. The van der Waals surface area contributed by atoms with Crippen LogP contribution in [0.1, 0.15) is 8.56 Å². The number of hydrogen-bond acceptors (Lipinski definition) is 0. The van der Waals surface area contributed by atoms with Gasteiger partial charge in [0.2, 0.25) is 0 Å². The third-order valence-electron chi connectivity index (χ3n) is 0. The first-order valence-corrected chi connectivity index (χ1v) is 12.4. The van der Waals surface area contributed by atoms with Crippen LogP contribution in [0.5, 0.6) is 0 Å². The Hall–Kier alpha value is 2.14. The molecular weight excluding hydrogens is 216 g/mol. The normalized spacial score (nSPS) is 3.33. The SMILES string of the molecule is [CH3][Ti+2][CH3].[CH3][Ti+2][CH3].[CH3][Ti+2][CH3].[H-].[H-].[H-].[H-].[H-].[H-]. The maximum Gasteiger partial charge on any atom is -1.00 e. The Morgan fingerprint density at radius 1 is 0.556 bits per heavy atom. The van der Waals surface area contributed by atoms with Crippen LogP contribution in [-0.2, 0) is 57.5 Å². The van der Waals surface area contributed by atoms with Crippen LogP contribution < -0.4 is 0 Å². The minimum absolute atomic E-state index is 0. The molecule has 0 fully saturated rings. The van der Waals surface area contributed by atoms with Gasteiger partial charge in [0.15, 0.2) is 0 Å². The largest absolute Gasteiger partial charge is 1.00 e. The molecule has 0 aromatic heterocycles. The Balaban J connectivity index is -0.00000000429. The van der Waals surface area contributed by atoms with Gasteiger partial charge in [-0.3, -0.25) is 0 Å². The van der Waals surface area contributed by atoms with Crippen molar-refractivity contribution >= 4 is 0 Å². The predicted molar refractivity (Wildman–Crippen MR) is 41.9 cm³/mol. The molecule has 0 rings (SSSR count). The second-order valence-corrected chi connectivity index (χ2v) is 6.18. The minimum Gasteiger partial charge on any atom is -1.00 e. The Labute approximate surface area is 96.6 Å². The van der Waals surface area contributed by atoms with Gasteiger partial charge in [-0.25, -0.2) is 0 Å². The van der Waals surface area contributed by atoms with Gasteiger partial charge < -0.3 is 8.56 Å². The summed E-state index contributed by atoms with van der Waals surface area (Å²) >= 11 is 1.50. The fraction of sp³-hybridized carbons (Fsp3) is 1.00. The van der Waals surface area contributed by atoms with Crippen LogP contribution in [0.25, 0.3) is 0 Å². The quantitative estimate of drug-likeness (QED) is 0.557. The van der Waals surface area contributed by atoms with Crippen molar-refractivity contribution in [3.63, 3.8) is 0 Å². The molecule has 0 N–H and O–H groups in total. The number of rotatable bonds is 0. The van der Waals surface area contributed by atoms with E-state index in [1.165, 1.54) is 0 Å². The fourth-order valence-electron chi connectivity index (χ4n) is 0. The zero-order chi connectivity index (χ0) is 8.12. The average molecular weight is 240 g/mol. The first kappa shape index (κ1) is 17.3. The van der Waals surface area contributed by atoms with E-state index in [0.717, 1.165) is 0 Å². The molecule has 0 saturated carbocycles.